The summed E-state index contributed by atoms with van der Waals surface area (Å²) in [6.07, 6.45) is 1.92. The molecule has 0 fully saturated rings. The zero-order valence-corrected chi connectivity index (χ0v) is 9.79. The molecule has 0 radical (unpaired) electrons. The lowest BCUT2D eigenvalue weighted by Gasteiger charge is -1.97. The monoisotopic (exact) mass is 225 g/mol. The second kappa shape index (κ2) is 4.78. The standard InChI is InChI=1S/C14H11NS/c1-11-4-6-12(7-5-11)9-13(10-15)14-3-2-8-16-14/h2-9H,1H3/b13-9-. The lowest BCUT2D eigenvalue weighted by atomic mass is 10.1. The molecule has 0 atom stereocenters. The largest absolute Gasteiger partial charge is 0.192 e. The zero-order chi connectivity index (χ0) is 11.4. The second-order valence-corrected chi connectivity index (χ2v) is 4.51. The van der Waals surface area contributed by atoms with Crippen LogP contribution >= 0.6 is 11.3 Å². The summed E-state index contributed by atoms with van der Waals surface area (Å²) in [6, 6.07) is 14.3. The highest BCUT2D eigenvalue weighted by Crippen LogP contribution is 2.22. The van der Waals surface area contributed by atoms with Gasteiger partial charge in [-0.15, -0.1) is 11.3 Å². The molecule has 0 N–H and O–H groups in total. The van der Waals surface area contributed by atoms with Crippen LogP contribution in [-0.4, -0.2) is 0 Å². The van der Waals surface area contributed by atoms with E-state index in [1.807, 2.05) is 35.7 Å². The number of nitriles is 1. The first-order valence-corrected chi connectivity index (χ1v) is 5.90. The summed E-state index contributed by atoms with van der Waals surface area (Å²) in [5.41, 5.74) is 3.01. The lowest BCUT2D eigenvalue weighted by Crippen LogP contribution is -1.78. The third-order valence-electron chi connectivity index (χ3n) is 2.30. The molecule has 2 heteroatoms. The Bertz CT molecular complexity index is 527. The van der Waals surface area contributed by atoms with Gasteiger partial charge in [0.15, 0.2) is 0 Å². The predicted molar refractivity (Wildman–Crippen MR) is 69.0 cm³/mol. The van der Waals surface area contributed by atoms with E-state index in [9.17, 15) is 0 Å². The fourth-order valence-corrected chi connectivity index (χ4v) is 2.11. The molecule has 0 saturated carbocycles. The average molecular weight is 225 g/mol. The molecule has 0 aliphatic carbocycles. The van der Waals surface area contributed by atoms with E-state index in [2.05, 4.69) is 25.1 Å². The van der Waals surface area contributed by atoms with E-state index in [0.717, 1.165) is 16.0 Å². The number of aryl methyl sites for hydroxylation is 1. The molecular formula is C14H11NS. The van der Waals surface area contributed by atoms with Crippen molar-refractivity contribution >= 4 is 23.0 Å². The van der Waals surface area contributed by atoms with Gasteiger partial charge in [-0.3, -0.25) is 0 Å². The fourth-order valence-electron chi connectivity index (χ4n) is 1.42. The van der Waals surface area contributed by atoms with Crippen molar-refractivity contribution in [2.75, 3.05) is 0 Å². The molecule has 0 saturated heterocycles. The van der Waals surface area contributed by atoms with Gasteiger partial charge < -0.3 is 0 Å². The van der Waals surface area contributed by atoms with Crippen molar-refractivity contribution in [1.29, 1.82) is 5.26 Å². The van der Waals surface area contributed by atoms with Crippen molar-refractivity contribution in [3.05, 3.63) is 57.8 Å². The Labute approximate surface area is 99.3 Å². The summed E-state index contributed by atoms with van der Waals surface area (Å²) < 4.78 is 0. The minimum absolute atomic E-state index is 0.721. The molecule has 0 aliphatic heterocycles. The molecule has 0 bridgehead atoms. The topological polar surface area (TPSA) is 23.8 Å². The Kier molecular flexibility index (Phi) is 3.19. The molecule has 0 unspecified atom stereocenters. The highest BCUT2D eigenvalue weighted by Gasteiger charge is 2.01. The Balaban J connectivity index is 2.36. The number of hydrogen-bond acceptors (Lipinski definition) is 2. The molecule has 1 heterocycles. The Morgan fingerprint density at radius 3 is 2.56 bits per heavy atom. The highest BCUT2D eigenvalue weighted by atomic mass is 32.1. The molecule has 1 aromatic heterocycles. The first kappa shape index (κ1) is 10.7. The molecule has 2 aromatic rings. The van der Waals surface area contributed by atoms with Gasteiger partial charge in [-0.2, -0.15) is 5.26 Å². The summed E-state index contributed by atoms with van der Waals surface area (Å²) in [5.74, 6) is 0. The Morgan fingerprint density at radius 1 is 1.25 bits per heavy atom. The molecule has 0 aliphatic rings. The third kappa shape index (κ3) is 2.39. The number of thiophene rings is 1. The zero-order valence-electron chi connectivity index (χ0n) is 8.97. The van der Waals surface area contributed by atoms with Crippen LogP contribution in [0, 0.1) is 18.3 Å². The van der Waals surface area contributed by atoms with Gasteiger partial charge in [0.1, 0.15) is 6.07 Å². The van der Waals surface area contributed by atoms with E-state index in [4.69, 9.17) is 5.26 Å². The van der Waals surface area contributed by atoms with E-state index in [1.54, 1.807) is 11.3 Å². The maximum Gasteiger partial charge on any atom is 0.101 e. The highest BCUT2D eigenvalue weighted by molar-refractivity contribution is 7.11. The van der Waals surface area contributed by atoms with Gasteiger partial charge in [0, 0.05) is 4.88 Å². The van der Waals surface area contributed by atoms with Crippen molar-refractivity contribution in [3.8, 4) is 6.07 Å². The van der Waals surface area contributed by atoms with Crippen LogP contribution < -0.4 is 0 Å². The minimum atomic E-state index is 0.721. The van der Waals surface area contributed by atoms with Crippen LogP contribution in [0.3, 0.4) is 0 Å². The van der Waals surface area contributed by atoms with Crippen molar-refractivity contribution in [2.45, 2.75) is 6.92 Å². The van der Waals surface area contributed by atoms with E-state index < -0.39 is 0 Å². The number of benzene rings is 1. The summed E-state index contributed by atoms with van der Waals surface area (Å²) in [5, 5.41) is 11.1. The van der Waals surface area contributed by atoms with Gasteiger partial charge in [0.25, 0.3) is 0 Å². The molecular weight excluding hydrogens is 214 g/mol. The first-order chi connectivity index (χ1) is 7.79. The Hall–Kier alpha value is -1.85. The van der Waals surface area contributed by atoms with Crippen LogP contribution in [0.2, 0.25) is 0 Å². The van der Waals surface area contributed by atoms with Gasteiger partial charge in [-0.1, -0.05) is 35.9 Å². The van der Waals surface area contributed by atoms with Crippen LogP contribution in [0.4, 0.5) is 0 Å². The van der Waals surface area contributed by atoms with E-state index in [0.29, 0.717) is 0 Å². The number of allylic oxidation sites excluding steroid dienone is 1. The number of rotatable bonds is 2. The van der Waals surface area contributed by atoms with Gasteiger partial charge >= 0.3 is 0 Å². The van der Waals surface area contributed by atoms with E-state index >= 15 is 0 Å². The minimum Gasteiger partial charge on any atom is -0.192 e. The van der Waals surface area contributed by atoms with Crippen LogP contribution in [0.15, 0.2) is 41.8 Å². The van der Waals surface area contributed by atoms with Crippen molar-refractivity contribution in [3.63, 3.8) is 0 Å². The van der Waals surface area contributed by atoms with Gasteiger partial charge in [0.2, 0.25) is 0 Å². The van der Waals surface area contributed by atoms with Crippen LogP contribution in [0.5, 0.6) is 0 Å². The van der Waals surface area contributed by atoms with Crippen molar-refractivity contribution in [1.82, 2.24) is 0 Å². The summed E-state index contributed by atoms with van der Waals surface area (Å²) in [6.45, 7) is 2.05. The van der Waals surface area contributed by atoms with Crippen LogP contribution in [0.25, 0.3) is 11.6 Å². The average Bonchev–Trinajstić information content (AvgIpc) is 2.82. The maximum atomic E-state index is 9.10. The third-order valence-corrected chi connectivity index (χ3v) is 3.20. The summed E-state index contributed by atoms with van der Waals surface area (Å²) >= 11 is 1.59. The first-order valence-electron chi connectivity index (χ1n) is 5.02. The number of hydrogen-bond donors (Lipinski definition) is 0. The molecule has 78 valence electrons. The summed E-state index contributed by atoms with van der Waals surface area (Å²) in [4.78, 5) is 1.02. The van der Waals surface area contributed by atoms with Gasteiger partial charge in [-0.05, 0) is 30.0 Å². The molecule has 0 spiro atoms. The molecule has 1 aromatic carbocycles. The van der Waals surface area contributed by atoms with Crippen LogP contribution in [-0.2, 0) is 0 Å². The quantitative estimate of drug-likeness (QED) is 0.705. The smallest absolute Gasteiger partial charge is 0.101 e. The molecule has 1 nitrogen and oxygen atoms in total. The molecule has 16 heavy (non-hydrogen) atoms. The maximum absolute atomic E-state index is 9.10. The van der Waals surface area contributed by atoms with E-state index in [-0.39, 0.29) is 0 Å². The van der Waals surface area contributed by atoms with Gasteiger partial charge in [-0.25, -0.2) is 0 Å². The van der Waals surface area contributed by atoms with Gasteiger partial charge in [0.05, 0.1) is 5.57 Å². The lowest BCUT2D eigenvalue weighted by molar-refractivity contribution is 1.46. The van der Waals surface area contributed by atoms with Crippen LogP contribution in [0.1, 0.15) is 16.0 Å². The molecule has 2 rings (SSSR count). The van der Waals surface area contributed by atoms with E-state index in [1.165, 1.54) is 5.56 Å². The normalized spacial score (nSPS) is 11.1. The second-order valence-electron chi connectivity index (χ2n) is 3.56. The molecule has 0 amide bonds. The number of nitrogens with zero attached hydrogens (tertiary/aromatic N) is 1. The SMILES string of the molecule is Cc1ccc(/C=C(/C#N)c2cccs2)cc1. The van der Waals surface area contributed by atoms with Crippen molar-refractivity contribution in [2.24, 2.45) is 0 Å². The van der Waals surface area contributed by atoms with Crippen molar-refractivity contribution < 1.29 is 0 Å². The summed E-state index contributed by atoms with van der Waals surface area (Å²) in [7, 11) is 0. The fraction of sp³-hybridized carbons (Fsp3) is 0.0714. The predicted octanol–water partition coefficient (Wildman–Crippen LogP) is 4.12. The Morgan fingerprint density at radius 2 is 2.00 bits per heavy atom.